The number of carboxylic acid groups (broad SMARTS) is 2. The van der Waals surface area contributed by atoms with Gasteiger partial charge in [0.1, 0.15) is 23.0 Å². The lowest BCUT2D eigenvalue weighted by Gasteiger charge is -2.54. The van der Waals surface area contributed by atoms with Crippen LogP contribution >= 0.6 is 0 Å². The zero-order valence-electron chi connectivity index (χ0n) is 81.1. The summed E-state index contributed by atoms with van der Waals surface area (Å²) in [6.45, 7) is 34.1. The first-order valence-electron chi connectivity index (χ1n) is 47.8. The van der Waals surface area contributed by atoms with Crippen LogP contribution in [0.5, 0.6) is 17.2 Å². The van der Waals surface area contributed by atoms with Gasteiger partial charge in [0.25, 0.3) is 10.1 Å². The molecule has 11 fully saturated rings. The third-order valence-corrected chi connectivity index (χ3v) is 30.9. The number of ether oxygens (including phenoxy) is 3. The molecular formula is C121H182N6O15S. The lowest BCUT2D eigenvalue weighted by Crippen LogP contribution is -2.64. The zero-order chi connectivity index (χ0) is 95.6. The molecule has 1 unspecified atom stereocenters. The van der Waals surface area contributed by atoms with Gasteiger partial charge in [-0.15, -0.1) is 0 Å². The van der Waals surface area contributed by atoms with E-state index in [1.807, 2.05) is 13.8 Å². The van der Waals surface area contributed by atoms with E-state index in [1.165, 1.54) is 145 Å². The maximum atomic E-state index is 11.9. The van der Waals surface area contributed by atoms with Crippen LogP contribution in [0.15, 0.2) is 237 Å². The van der Waals surface area contributed by atoms with Crippen molar-refractivity contribution in [2.45, 2.75) is 310 Å². The molecule has 2 saturated carbocycles. The first-order valence-corrected chi connectivity index (χ1v) is 49.4. The summed E-state index contributed by atoms with van der Waals surface area (Å²) in [5.74, 6) is 3.59. The molecule has 9 saturated heterocycles. The number of methoxy groups -OCH3 is 3. The van der Waals surface area contributed by atoms with Gasteiger partial charge >= 0.3 is 18.1 Å². The van der Waals surface area contributed by atoms with Crippen molar-refractivity contribution in [3.63, 3.8) is 0 Å². The van der Waals surface area contributed by atoms with Gasteiger partial charge in [0.05, 0.1) is 51.4 Å². The smallest absolute Gasteiger partial charge is 0.373 e. The summed E-state index contributed by atoms with van der Waals surface area (Å²) in [4.78, 5) is 56.1. The maximum Gasteiger partial charge on any atom is 0.373 e. The summed E-state index contributed by atoms with van der Waals surface area (Å²) in [5.41, 5.74) is 15.5. The second-order valence-corrected chi connectivity index (χ2v) is 42.8. The fraction of sp³-hybridized carbons (Fsp3) is 0.521. The van der Waals surface area contributed by atoms with E-state index in [4.69, 9.17) is 43.7 Å². The van der Waals surface area contributed by atoms with E-state index in [1.54, 1.807) is 21.3 Å². The Balaban J connectivity index is 0.000000619. The van der Waals surface area contributed by atoms with Crippen molar-refractivity contribution in [3.05, 3.63) is 303 Å². The lowest BCUT2D eigenvalue weighted by molar-refractivity contribution is -0.191. The number of hydrogen-bond donors (Lipinski definition) is 7. The molecule has 9 N–H and O–H groups in total. The first kappa shape index (κ1) is 129. The number of nitrogens with one attached hydrogen (secondary N) is 3. The van der Waals surface area contributed by atoms with Crippen molar-refractivity contribution in [3.8, 4) is 17.2 Å². The Hall–Kier alpha value is -10.0. The van der Waals surface area contributed by atoms with Gasteiger partial charge in [-0.2, -0.15) is 18.0 Å². The highest BCUT2D eigenvalue weighted by Crippen LogP contribution is 2.64. The topological polar surface area (TPSA) is 305 Å². The standard InChI is InChI=1S/3C32H40N2O.C10H16O4S.C5H8O5.CO2.9CH4.H2O/c3*1-32(2,3)27-15-16-28(35-4)26(21-27)22-33-30-25-17-19-34(20-18-25)31(30)29(23-11-7-5-8-12-23)24-13-9-6-10-14-24;1-9(2)7-3-4-10(9,8(11)5-7)6-15(12,13)14;6-3(1-4(7)8)2-5(9)10;2-1-3;;;;;;;;;;/h3*5-16,21,25,29-31,33H,17-20,22H2,1-4H3;7H,3-6H2,1-2H3,(H,12,13,14);3,6H,1-2H2,(H,7,8)(H,9,10);;9*1H4;1H2/t3*30-,31-;7?,10-;;;;;;;;;;;;/m0000............/s1. The predicted octanol–water partition coefficient (Wildman–Crippen LogP) is 24.0. The summed E-state index contributed by atoms with van der Waals surface area (Å²) in [6, 6.07) is 89.5. The number of aliphatic hydroxyl groups excluding tert-OH is 1. The molecule has 0 aromatic heterocycles. The van der Waals surface area contributed by atoms with Gasteiger partial charge in [-0.1, -0.05) is 361 Å². The molecule has 2 aliphatic carbocycles. The van der Waals surface area contributed by atoms with Crippen molar-refractivity contribution in [1.29, 1.82) is 0 Å². The minimum Gasteiger partial charge on any atom is -0.496 e. The summed E-state index contributed by atoms with van der Waals surface area (Å²) < 4.78 is 48.3. The van der Waals surface area contributed by atoms with E-state index in [9.17, 15) is 22.8 Å². The van der Waals surface area contributed by atoms with E-state index < -0.39 is 52.2 Å². The summed E-state index contributed by atoms with van der Waals surface area (Å²) >= 11 is 0. The Labute approximate surface area is 862 Å². The van der Waals surface area contributed by atoms with Gasteiger partial charge in [0.2, 0.25) is 0 Å². The average molecular weight is 1990 g/mol. The zero-order valence-corrected chi connectivity index (χ0v) is 81.9. The van der Waals surface area contributed by atoms with Crippen molar-refractivity contribution in [2.24, 2.45) is 34.5 Å². The Morgan fingerprint density at radius 3 is 0.825 bits per heavy atom. The van der Waals surface area contributed by atoms with Crippen molar-refractivity contribution >= 4 is 34.0 Å². The highest BCUT2D eigenvalue weighted by molar-refractivity contribution is 7.85. The number of piperidine rings is 9. The minimum atomic E-state index is -4.08. The average Bonchev–Trinajstić information content (AvgIpc) is 1.55. The molecule has 9 aromatic carbocycles. The number of Topliss-reactive ketones (excluding diaryl/α,β-unsaturated/α-hetero) is 1. The molecule has 0 spiro atoms. The SMILES string of the molecule is C.C.C.C.C.C.C.C.C.CC1(C)C2CC[C@]1(CS(=O)(=O)O)C(=O)C2.COc1ccc(C(C)(C)C)cc1CN[C@H]1C2CCN(CC2)[C@H]1C(c1ccccc1)c1ccccc1.COc1ccc(C(C)(C)C)cc1CN[C@H]1C2CCN(CC2)[C@H]1C(c1ccccc1)c1ccccc1.COc1ccc(C(C)(C)C)cc1CN[C@H]1C2CCN(CC2)[C@H]1C(c1ccccc1)c1ccccc1.O.O=C(O)CC(O)CC(=O)O.O=C=O. The van der Waals surface area contributed by atoms with Crippen LogP contribution in [0.2, 0.25) is 0 Å². The number of benzene rings is 9. The molecule has 11 aliphatic rings. The summed E-state index contributed by atoms with van der Waals surface area (Å²) in [6.07, 6.45) is 7.59. The number of hydrogen-bond acceptors (Lipinski definition) is 17. The summed E-state index contributed by atoms with van der Waals surface area (Å²) in [7, 11) is 1.28. The van der Waals surface area contributed by atoms with E-state index in [0.29, 0.717) is 84.6 Å². The number of carbonyl (C=O) groups is 3. The van der Waals surface area contributed by atoms with Crippen molar-refractivity contribution < 1.29 is 71.9 Å². The molecule has 792 valence electrons. The molecular weight excluding hydrogens is 1810 g/mol. The molecule has 22 heteroatoms. The van der Waals surface area contributed by atoms with Crippen LogP contribution in [0, 0.1) is 34.5 Å². The van der Waals surface area contributed by atoms with Gasteiger partial charge in [-0.05, 0) is 204 Å². The van der Waals surface area contributed by atoms with Gasteiger partial charge in [-0.25, -0.2) is 0 Å². The summed E-state index contributed by atoms with van der Waals surface area (Å²) in [5, 5.41) is 36.9. The Morgan fingerprint density at radius 2 is 0.643 bits per heavy atom. The third kappa shape index (κ3) is 32.2. The second kappa shape index (κ2) is 57.8. The van der Waals surface area contributed by atoms with Gasteiger partial charge < -0.3 is 51.0 Å². The normalized spacial score (nSPS) is 22.4. The fourth-order valence-electron chi connectivity index (χ4n) is 22.8. The molecule has 8 atom stereocenters. The van der Waals surface area contributed by atoms with Crippen LogP contribution in [0.4, 0.5) is 0 Å². The maximum absolute atomic E-state index is 11.9. The Bertz CT molecular complexity index is 4810. The largest absolute Gasteiger partial charge is 0.496 e. The number of ketones is 1. The highest BCUT2D eigenvalue weighted by atomic mass is 32.2. The molecule has 9 aromatic rings. The van der Waals surface area contributed by atoms with Crippen LogP contribution in [0.3, 0.4) is 0 Å². The quantitative estimate of drug-likeness (QED) is 0.0235. The number of carbonyl (C=O) groups excluding carboxylic acids is 3. The molecule has 8 bridgehead atoms. The predicted molar refractivity (Wildman–Crippen MR) is 590 cm³/mol. The van der Waals surface area contributed by atoms with Crippen molar-refractivity contribution in [2.75, 3.05) is 66.4 Å². The fourth-order valence-corrected chi connectivity index (χ4v) is 24.1. The number of rotatable bonds is 27. The highest BCUT2D eigenvalue weighted by Gasteiger charge is 2.65. The third-order valence-electron chi connectivity index (χ3n) is 30.0. The van der Waals surface area contributed by atoms with Crippen LogP contribution < -0.4 is 30.2 Å². The van der Waals surface area contributed by atoms with Crippen LogP contribution in [0.1, 0.15) is 298 Å². The molecule has 9 heterocycles. The van der Waals surface area contributed by atoms with E-state index >= 15 is 0 Å². The Kier molecular flexibility index (Phi) is 52.1. The lowest BCUT2D eigenvalue weighted by atomic mass is 9.70. The number of carboxylic acids is 2. The number of fused-ring (bicyclic) bond motifs is 11. The number of aliphatic hydroxyl groups is 1. The minimum absolute atomic E-state index is 0. The van der Waals surface area contributed by atoms with Crippen LogP contribution in [-0.4, -0.2) is 181 Å². The Morgan fingerprint density at radius 1 is 0.413 bits per heavy atom. The van der Waals surface area contributed by atoms with Crippen LogP contribution in [-0.2, 0) is 70.0 Å². The molecule has 9 aliphatic heterocycles. The van der Waals surface area contributed by atoms with Crippen molar-refractivity contribution in [1.82, 2.24) is 30.7 Å². The molecule has 0 radical (unpaired) electrons. The van der Waals surface area contributed by atoms with Gasteiger partial charge in [0, 0.05) is 96.8 Å². The first-order chi connectivity index (χ1) is 63.5. The van der Waals surface area contributed by atoms with E-state index in [-0.39, 0.29) is 112 Å². The van der Waals surface area contributed by atoms with E-state index in [2.05, 4.69) is 330 Å². The number of aliphatic carboxylic acids is 2. The molecule has 20 rings (SSSR count). The van der Waals surface area contributed by atoms with Crippen LogP contribution in [0.25, 0.3) is 0 Å². The van der Waals surface area contributed by atoms with Gasteiger partial charge in [0.15, 0.2) is 0 Å². The molecule has 143 heavy (non-hydrogen) atoms. The van der Waals surface area contributed by atoms with Gasteiger partial charge in [-0.3, -0.25) is 33.6 Å². The molecule has 0 amide bonds. The second-order valence-electron chi connectivity index (χ2n) is 41.4. The molecule has 21 nitrogen and oxygen atoms in total. The number of nitrogens with zero attached hydrogens (tertiary/aromatic N) is 3. The van der Waals surface area contributed by atoms with E-state index in [0.717, 1.165) is 43.3 Å². The monoisotopic (exact) mass is 1990 g/mol.